The van der Waals surface area contributed by atoms with Gasteiger partial charge < -0.3 is 70.9 Å². The average Bonchev–Trinajstić information content (AvgIpc) is 4.26. The third kappa shape index (κ3) is 10.9. The van der Waals surface area contributed by atoms with Crippen LogP contribution in [0.1, 0.15) is 31.5 Å². The first-order chi connectivity index (χ1) is 35.8. The molecule has 6 aromatic rings. The van der Waals surface area contributed by atoms with Gasteiger partial charge in [-0.3, -0.25) is 36.3 Å². The van der Waals surface area contributed by atoms with E-state index < -0.39 is 122 Å². The standard InChI is InChI=1S/C36H47IN15O19P3S/c37-9-63-23-17(7-65-74(60,61)75-5-3-53)68-35(52-15-49-20-29(40)43-12-46-32(20)52)25(23)71-72(56,57)64-6-16-21(54)24(34(67-16)51-14-48-19-28(39)42-11-45-31(19)51)70-73(58,59)66-8-36-2-1-4-62-26(36)22(55)33(69-36)50-13-47-18-27(38)41-10-44-30(18)50/h10-17,21-26,33-35,53-55H,1-9H2,(H,56,57)(H,58,59)(H,60,61)(H2,38,41,44)(H2,39,42,45)(H2,40,43,46)/t16-,17-,21?,22?,23?,24?,25?,26?,33-,34-,35-,36-/m1/s1. The summed E-state index contributed by atoms with van der Waals surface area (Å²) in [6.45, 7) is -6.83. The summed E-state index contributed by atoms with van der Waals surface area (Å²) in [5.74, 6) is -0.118. The summed E-state index contributed by atoms with van der Waals surface area (Å²) in [5.41, 5.74) is 17.3. The largest absolute Gasteiger partial charge is 0.472 e. The molecular weight excluding hydrogens is 1200 g/mol. The van der Waals surface area contributed by atoms with Crippen LogP contribution >= 0.6 is 56.4 Å². The molecule has 0 spiro atoms. The van der Waals surface area contributed by atoms with Gasteiger partial charge in [0.1, 0.15) is 90.0 Å². The van der Waals surface area contributed by atoms with Gasteiger partial charge in [0.05, 0.1) is 50.0 Å². The maximum absolute atomic E-state index is 14.1. The third-order valence-electron chi connectivity index (χ3n) is 12.5. The van der Waals surface area contributed by atoms with Crippen molar-refractivity contribution in [2.24, 2.45) is 0 Å². The number of hydrogen-bond acceptors (Lipinski definition) is 29. The minimum absolute atomic E-state index is 0.0155. The monoisotopic (exact) mass is 1250 g/mol. The molecule has 0 radical (unpaired) electrons. The first-order valence-electron chi connectivity index (χ1n) is 22.3. The number of imidazole rings is 3. The number of alkyl halides is 1. The highest BCUT2D eigenvalue weighted by Gasteiger charge is 2.59. The van der Waals surface area contributed by atoms with Crippen LogP contribution in [0.2, 0.25) is 0 Å². The van der Waals surface area contributed by atoms with Gasteiger partial charge in [-0.05, 0) is 24.2 Å². The number of aromatic nitrogens is 12. The minimum Gasteiger partial charge on any atom is -0.396 e. The van der Waals surface area contributed by atoms with Crippen molar-refractivity contribution in [2.75, 3.05) is 60.6 Å². The van der Waals surface area contributed by atoms with Gasteiger partial charge in [-0.15, -0.1) is 0 Å². The highest BCUT2D eigenvalue weighted by atomic mass is 127. The Morgan fingerprint density at radius 2 is 1.21 bits per heavy atom. The van der Waals surface area contributed by atoms with E-state index in [4.69, 9.17) is 63.5 Å². The molecule has 15 atom stereocenters. The van der Waals surface area contributed by atoms with Crippen molar-refractivity contribution < 1.29 is 90.0 Å². The summed E-state index contributed by atoms with van der Waals surface area (Å²) < 4.78 is 103. The first-order valence-corrected chi connectivity index (χ1v) is 30.0. The molecule has 75 heavy (non-hydrogen) atoms. The molecule has 0 bridgehead atoms. The molecule has 0 aliphatic carbocycles. The van der Waals surface area contributed by atoms with Crippen LogP contribution in [-0.4, -0.2) is 186 Å². The number of rotatable bonds is 21. The fourth-order valence-electron chi connectivity index (χ4n) is 9.18. The Morgan fingerprint density at radius 3 is 1.79 bits per heavy atom. The summed E-state index contributed by atoms with van der Waals surface area (Å²) in [4.78, 5) is 70.4. The van der Waals surface area contributed by atoms with Crippen LogP contribution in [0.5, 0.6) is 0 Å². The number of phosphoric ester groups is 2. The zero-order valence-corrected chi connectivity index (χ0v) is 44.1. The molecule has 0 saturated carbocycles. The molecule has 39 heteroatoms. The number of anilines is 3. The van der Waals surface area contributed by atoms with Crippen LogP contribution in [0, 0.1) is 0 Å². The van der Waals surface area contributed by atoms with Gasteiger partial charge in [0.2, 0.25) is 0 Å². The Kier molecular flexibility index (Phi) is 15.8. The van der Waals surface area contributed by atoms with E-state index in [1.807, 2.05) is 22.6 Å². The lowest BCUT2D eigenvalue weighted by molar-refractivity contribution is -0.165. The zero-order valence-electron chi connectivity index (χ0n) is 38.4. The number of phosphoric acid groups is 2. The molecule has 0 amide bonds. The Labute approximate surface area is 438 Å². The summed E-state index contributed by atoms with van der Waals surface area (Å²) in [5, 5.41) is 32.6. The number of nitrogens with zero attached hydrogens (tertiary/aromatic N) is 12. The van der Waals surface area contributed by atoms with Crippen molar-refractivity contribution in [3.8, 4) is 0 Å². The third-order valence-corrected chi connectivity index (χ3v) is 17.8. The number of nitrogens with two attached hydrogens (primary N) is 3. The number of ether oxygens (including phenoxy) is 5. The van der Waals surface area contributed by atoms with Crippen LogP contribution in [0.3, 0.4) is 0 Å². The lowest BCUT2D eigenvalue weighted by Gasteiger charge is -2.38. The van der Waals surface area contributed by atoms with Crippen LogP contribution in [-0.2, 0) is 60.0 Å². The number of nitrogen functional groups attached to an aromatic ring is 3. The fourth-order valence-corrected chi connectivity index (χ4v) is 13.6. The van der Waals surface area contributed by atoms with E-state index in [2.05, 4.69) is 44.9 Å². The Balaban J connectivity index is 0.885. The van der Waals surface area contributed by atoms with Crippen molar-refractivity contribution in [2.45, 2.75) is 86.0 Å². The molecule has 12 N–H and O–H groups in total. The maximum atomic E-state index is 14.1. The summed E-state index contributed by atoms with van der Waals surface area (Å²) in [7, 11) is -10.7. The number of hydrogen-bond donors (Lipinski definition) is 9. The van der Waals surface area contributed by atoms with Crippen LogP contribution in [0.25, 0.3) is 33.5 Å². The summed E-state index contributed by atoms with van der Waals surface area (Å²) in [6.07, 6.45) is -8.57. The van der Waals surface area contributed by atoms with Crippen molar-refractivity contribution in [1.82, 2.24) is 58.6 Å². The van der Waals surface area contributed by atoms with E-state index in [-0.39, 0.29) is 74.3 Å². The predicted octanol–water partition coefficient (Wildman–Crippen LogP) is -0.159. The number of aliphatic hydroxyl groups excluding tert-OH is 3. The van der Waals surface area contributed by atoms with Gasteiger partial charge in [-0.25, -0.2) is 58.6 Å². The number of aliphatic hydroxyl groups is 3. The van der Waals surface area contributed by atoms with Crippen molar-refractivity contribution in [3.05, 3.63) is 38.0 Å². The first kappa shape index (κ1) is 54.5. The fraction of sp³-hybridized carbons (Fsp3) is 0.583. The highest BCUT2D eigenvalue weighted by Crippen LogP contribution is 2.57. The summed E-state index contributed by atoms with van der Waals surface area (Å²) >= 11 is 2.31. The quantitative estimate of drug-likeness (QED) is 0.0257. The molecule has 34 nitrogen and oxygen atoms in total. The second kappa shape index (κ2) is 21.8. The Morgan fingerprint density at radius 1 is 0.693 bits per heavy atom. The summed E-state index contributed by atoms with van der Waals surface area (Å²) in [6, 6.07) is 0. The lowest BCUT2D eigenvalue weighted by atomic mass is 9.89. The second-order valence-electron chi connectivity index (χ2n) is 17.0. The van der Waals surface area contributed by atoms with Gasteiger partial charge in [0.25, 0.3) is 0 Å². The molecule has 4 saturated heterocycles. The molecule has 6 aromatic heterocycles. The van der Waals surface area contributed by atoms with Gasteiger partial charge >= 0.3 is 22.4 Å². The molecule has 10 heterocycles. The predicted molar refractivity (Wildman–Crippen MR) is 261 cm³/mol. The van der Waals surface area contributed by atoms with Gasteiger partial charge in [-0.1, -0.05) is 22.6 Å². The van der Waals surface area contributed by atoms with E-state index in [1.165, 1.54) is 39.0 Å². The molecule has 10 rings (SSSR count). The zero-order chi connectivity index (χ0) is 53.0. The highest BCUT2D eigenvalue weighted by molar-refractivity contribution is 14.1. The van der Waals surface area contributed by atoms with Crippen LogP contribution in [0.15, 0.2) is 38.0 Å². The van der Waals surface area contributed by atoms with E-state index in [0.29, 0.717) is 17.8 Å². The smallest absolute Gasteiger partial charge is 0.396 e. The van der Waals surface area contributed by atoms with E-state index in [0.717, 1.165) is 12.7 Å². The lowest BCUT2D eigenvalue weighted by Crippen LogP contribution is -2.51. The average molecular weight is 1250 g/mol. The molecule has 408 valence electrons. The Hall–Kier alpha value is -3.82. The van der Waals surface area contributed by atoms with Gasteiger partial charge in [0.15, 0.2) is 53.1 Å². The van der Waals surface area contributed by atoms with Crippen molar-refractivity contribution >= 4 is 107 Å². The maximum Gasteiger partial charge on any atom is 0.472 e. The molecule has 4 fully saturated rings. The normalized spacial score (nSPS) is 31.5. The molecule has 9 unspecified atom stereocenters. The van der Waals surface area contributed by atoms with Gasteiger partial charge in [0, 0.05) is 12.4 Å². The van der Waals surface area contributed by atoms with Gasteiger partial charge in [-0.2, -0.15) is 0 Å². The van der Waals surface area contributed by atoms with Crippen molar-refractivity contribution in [1.29, 1.82) is 0 Å². The van der Waals surface area contributed by atoms with Crippen molar-refractivity contribution in [3.63, 3.8) is 0 Å². The topological polar surface area (TPSA) is 474 Å². The number of fused-ring (bicyclic) bond motifs is 4. The van der Waals surface area contributed by atoms with E-state index in [1.54, 1.807) is 0 Å². The van der Waals surface area contributed by atoms with E-state index >= 15 is 0 Å². The number of halogens is 1. The molecule has 4 aliphatic rings. The van der Waals surface area contributed by atoms with Crippen LogP contribution in [0.4, 0.5) is 17.5 Å². The Bertz CT molecular complexity index is 3190. The molecule has 4 aliphatic heterocycles. The minimum atomic E-state index is -5.36. The molecular formula is C36H47IN15O19P3S. The molecule has 0 aromatic carbocycles. The second-order valence-corrected chi connectivity index (χ2v) is 24.5. The van der Waals surface area contributed by atoms with E-state index in [9.17, 15) is 43.7 Å². The van der Waals surface area contributed by atoms with Crippen LogP contribution < -0.4 is 17.2 Å². The SMILES string of the molecule is Nc1ncnc2c1ncn2[C@@H]1O[C@@]2(COP(=O)(O)OC3C(O)[C@@H](COP(=O)(O)OC4C(OCI)[C@@H](COP(=O)(O)SCCO)O[C@H]4n4cnc5c(N)ncnc54)O[C@H]3n3cnc4c(N)ncnc43)CCCOC2C1O.